The molecule has 0 fully saturated rings. The molecule has 2 aromatic carbocycles. The van der Waals surface area contributed by atoms with Crippen molar-refractivity contribution in [2.24, 2.45) is 0 Å². The molecule has 0 saturated carbocycles. The first-order valence-corrected chi connectivity index (χ1v) is 12.9. The van der Waals surface area contributed by atoms with E-state index in [1.807, 2.05) is 12.1 Å². The normalized spacial score (nSPS) is 15.1. The van der Waals surface area contributed by atoms with Gasteiger partial charge in [-0.05, 0) is 77.8 Å². The van der Waals surface area contributed by atoms with E-state index < -0.39 is 5.91 Å². The monoisotopic (exact) mass is 498 g/mol. The summed E-state index contributed by atoms with van der Waals surface area (Å²) in [5.74, 6) is 0.328. The summed E-state index contributed by atoms with van der Waals surface area (Å²) >= 11 is 0. The number of carbonyl (C=O) groups is 1. The summed E-state index contributed by atoms with van der Waals surface area (Å²) in [6.07, 6.45) is 11.3. The van der Waals surface area contributed by atoms with Crippen molar-refractivity contribution in [3.05, 3.63) is 94.4 Å². The number of hydrogen-bond donors (Lipinski definition) is 4. The van der Waals surface area contributed by atoms with Crippen LogP contribution in [0.4, 0.5) is 0 Å². The largest absolute Gasteiger partial charge is 0.497 e. The zero-order valence-electron chi connectivity index (χ0n) is 21.4. The summed E-state index contributed by atoms with van der Waals surface area (Å²) in [7, 11) is 1.69. The summed E-state index contributed by atoms with van der Waals surface area (Å²) in [5.41, 5.74) is 10.3. The van der Waals surface area contributed by atoms with Gasteiger partial charge in [0.15, 0.2) is 0 Å². The summed E-state index contributed by atoms with van der Waals surface area (Å²) < 4.78 is 5.38. The molecule has 2 aromatic heterocycles. The maximum Gasteiger partial charge on any atom is 0.267 e. The van der Waals surface area contributed by atoms with Crippen LogP contribution >= 0.6 is 0 Å². The SMILES string of the molecule is CCc1cc(CN(CCc2c[nH]c3cc(OC)ccc23)C2CCc3cc(/C=C/C(=O)NO)ccc32)c[nH]1. The molecule has 1 atom stereocenters. The number of rotatable bonds is 10. The van der Waals surface area contributed by atoms with Crippen molar-refractivity contribution in [2.75, 3.05) is 13.7 Å². The molecule has 37 heavy (non-hydrogen) atoms. The van der Waals surface area contributed by atoms with E-state index in [1.165, 1.54) is 39.4 Å². The Morgan fingerprint density at radius 3 is 2.86 bits per heavy atom. The van der Waals surface area contributed by atoms with Crippen LogP contribution in [-0.4, -0.2) is 39.6 Å². The third-order valence-corrected chi connectivity index (χ3v) is 7.40. The Labute approximate surface area is 217 Å². The Kier molecular flexibility index (Phi) is 7.44. The second-order valence-electron chi connectivity index (χ2n) is 9.65. The van der Waals surface area contributed by atoms with Gasteiger partial charge in [0.2, 0.25) is 0 Å². The molecule has 0 spiro atoms. The van der Waals surface area contributed by atoms with Crippen LogP contribution in [-0.2, 0) is 30.6 Å². The number of nitrogens with zero attached hydrogens (tertiary/aromatic N) is 1. The number of H-pyrrole nitrogens is 2. The Balaban J connectivity index is 1.38. The first-order chi connectivity index (χ1) is 18.1. The highest BCUT2D eigenvalue weighted by atomic mass is 16.5. The van der Waals surface area contributed by atoms with Crippen molar-refractivity contribution < 1.29 is 14.7 Å². The zero-order valence-corrected chi connectivity index (χ0v) is 21.4. The lowest BCUT2D eigenvalue weighted by atomic mass is 10.0. The quantitative estimate of drug-likeness (QED) is 0.135. The van der Waals surface area contributed by atoms with Crippen molar-refractivity contribution in [2.45, 2.75) is 45.2 Å². The Bertz CT molecular complexity index is 1420. The van der Waals surface area contributed by atoms with E-state index in [9.17, 15) is 4.79 Å². The summed E-state index contributed by atoms with van der Waals surface area (Å²) in [6.45, 7) is 3.99. The Morgan fingerprint density at radius 2 is 2.08 bits per heavy atom. The number of benzene rings is 2. The van der Waals surface area contributed by atoms with E-state index in [0.717, 1.165) is 55.6 Å². The van der Waals surface area contributed by atoms with Crippen LogP contribution in [0.5, 0.6) is 5.75 Å². The van der Waals surface area contributed by atoms with Gasteiger partial charge in [0.05, 0.1) is 7.11 Å². The maximum atomic E-state index is 11.4. The summed E-state index contributed by atoms with van der Waals surface area (Å²) in [6, 6.07) is 15.2. The number of aromatic amines is 2. The predicted octanol–water partition coefficient (Wildman–Crippen LogP) is 5.32. The highest BCUT2D eigenvalue weighted by Gasteiger charge is 2.28. The standard InChI is InChI=1S/C30H34N4O3/c1-3-24-15-21(17-31-24)19-34(13-12-23-18-32-28-16-25(37-2)7-9-26(23)28)29-10-6-22-14-20(4-8-27(22)29)5-11-30(35)33-36/h4-5,7-9,11,14-18,29,31-32,36H,3,6,10,12-13,19H2,1-2H3,(H,33,35)/b11-5+. The summed E-state index contributed by atoms with van der Waals surface area (Å²) in [4.78, 5) is 20.8. The fourth-order valence-corrected chi connectivity index (χ4v) is 5.44. The lowest BCUT2D eigenvalue weighted by molar-refractivity contribution is -0.124. The van der Waals surface area contributed by atoms with E-state index in [2.05, 4.69) is 64.5 Å². The second-order valence-corrected chi connectivity index (χ2v) is 9.65. The van der Waals surface area contributed by atoms with Gasteiger partial charge in [-0.3, -0.25) is 14.9 Å². The molecule has 2 heterocycles. The first kappa shape index (κ1) is 24.9. The van der Waals surface area contributed by atoms with Crippen LogP contribution in [0, 0.1) is 0 Å². The number of nitrogens with one attached hydrogen (secondary N) is 3. The third-order valence-electron chi connectivity index (χ3n) is 7.40. The number of aryl methyl sites for hydroxylation is 2. The second kappa shape index (κ2) is 11.1. The molecule has 1 unspecified atom stereocenters. The zero-order chi connectivity index (χ0) is 25.8. The number of fused-ring (bicyclic) bond motifs is 2. The Morgan fingerprint density at radius 1 is 1.19 bits per heavy atom. The van der Waals surface area contributed by atoms with Gasteiger partial charge in [-0.15, -0.1) is 0 Å². The average molecular weight is 499 g/mol. The van der Waals surface area contributed by atoms with E-state index >= 15 is 0 Å². The van der Waals surface area contributed by atoms with Gasteiger partial charge < -0.3 is 14.7 Å². The van der Waals surface area contributed by atoms with Gasteiger partial charge in [0, 0.05) is 60.3 Å². The van der Waals surface area contributed by atoms with Crippen LogP contribution in [0.1, 0.15) is 52.9 Å². The molecular formula is C30H34N4O3. The smallest absolute Gasteiger partial charge is 0.267 e. The van der Waals surface area contributed by atoms with Gasteiger partial charge in [-0.25, -0.2) is 5.48 Å². The fourth-order valence-electron chi connectivity index (χ4n) is 5.44. The van der Waals surface area contributed by atoms with Crippen molar-refractivity contribution in [3.8, 4) is 5.75 Å². The third kappa shape index (κ3) is 5.48. The van der Waals surface area contributed by atoms with Gasteiger partial charge >= 0.3 is 0 Å². The number of methoxy groups -OCH3 is 1. The molecule has 192 valence electrons. The minimum absolute atomic E-state index is 0.332. The minimum Gasteiger partial charge on any atom is -0.497 e. The average Bonchev–Trinajstić information content (AvgIpc) is 3.67. The number of carbonyl (C=O) groups excluding carboxylic acids is 1. The van der Waals surface area contributed by atoms with E-state index in [-0.39, 0.29) is 0 Å². The number of aromatic nitrogens is 2. The molecule has 1 aliphatic carbocycles. The molecule has 7 heteroatoms. The van der Waals surface area contributed by atoms with Crippen LogP contribution < -0.4 is 10.2 Å². The van der Waals surface area contributed by atoms with Crippen LogP contribution in [0.2, 0.25) is 0 Å². The number of amides is 1. The number of hydroxylamine groups is 1. The van der Waals surface area contributed by atoms with Gasteiger partial charge in [-0.1, -0.05) is 25.1 Å². The van der Waals surface area contributed by atoms with Crippen molar-refractivity contribution in [1.82, 2.24) is 20.3 Å². The predicted molar refractivity (Wildman–Crippen MR) is 146 cm³/mol. The van der Waals surface area contributed by atoms with Gasteiger partial charge in [-0.2, -0.15) is 0 Å². The topological polar surface area (TPSA) is 93.4 Å². The molecule has 5 rings (SSSR count). The molecule has 0 radical (unpaired) electrons. The molecular weight excluding hydrogens is 464 g/mol. The molecule has 4 aromatic rings. The van der Waals surface area contributed by atoms with Crippen LogP contribution in [0.15, 0.2) is 60.9 Å². The van der Waals surface area contributed by atoms with Crippen molar-refractivity contribution >= 4 is 22.9 Å². The molecule has 4 N–H and O–H groups in total. The van der Waals surface area contributed by atoms with Crippen LogP contribution in [0.25, 0.3) is 17.0 Å². The van der Waals surface area contributed by atoms with E-state index in [1.54, 1.807) is 18.7 Å². The maximum absolute atomic E-state index is 11.4. The molecule has 0 aliphatic heterocycles. The molecule has 0 bridgehead atoms. The first-order valence-electron chi connectivity index (χ1n) is 12.9. The molecule has 1 amide bonds. The van der Waals surface area contributed by atoms with Gasteiger partial charge in [0.1, 0.15) is 5.75 Å². The van der Waals surface area contributed by atoms with E-state index in [0.29, 0.717) is 6.04 Å². The number of ether oxygens (including phenoxy) is 1. The van der Waals surface area contributed by atoms with Gasteiger partial charge in [0.25, 0.3) is 5.91 Å². The molecule has 1 aliphatic rings. The molecule has 0 saturated heterocycles. The highest BCUT2D eigenvalue weighted by Crippen LogP contribution is 2.37. The summed E-state index contributed by atoms with van der Waals surface area (Å²) in [5, 5.41) is 9.98. The van der Waals surface area contributed by atoms with Crippen LogP contribution in [0.3, 0.4) is 0 Å². The van der Waals surface area contributed by atoms with Crippen molar-refractivity contribution in [1.29, 1.82) is 0 Å². The fraction of sp³-hybridized carbons (Fsp3) is 0.300. The molecule has 7 nitrogen and oxygen atoms in total. The highest BCUT2D eigenvalue weighted by molar-refractivity contribution is 5.90. The lowest BCUT2D eigenvalue weighted by Crippen LogP contribution is -2.29. The van der Waals surface area contributed by atoms with E-state index in [4.69, 9.17) is 9.94 Å². The number of hydrogen-bond acceptors (Lipinski definition) is 4. The Hall–Kier alpha value is -3.81. The lowest BCUT2D eigenvalue weighted by Gasteiger charge is -2.29. The minimum atomic E-state index is -0.529. The van der Waals surface area contributed by atoms with Crippen molar-refractivity contribution in [3.63, 3.8) is 0 Å².